The van der Waals surface area contributed by atoms with Crippen LogP contribution in [-0.4, -0.2) is 40.0 Å². The van der Waals surface area contributed by atoms with Gasteiger partial charge in [-0.15, -0.1) is 11.3 Å². The van der Waals surface area contributed by atoms with Gasteiger partial charge in [0.15, 0.2) is 0 Å². The summed E-state index contributed by atoms with van der Waals surface area (Å²) in [4.78, 5) is 40.4. The van der Waals surface area contributed by atoms with Crippen LogP contribution in [0.4, 0.5) is 5.69 Å². The first-order valence-electron chi connectivity index (χ1n) is 11.9. The standard InChI is InChI=1S/C25H33NO5S/c1-15-5-7-17(8-6-15)24(29)26(18-3-2-4-20(28)13-18)21-14-22(32-23(21)25(30)31)16-9-11-19(27)12-10-16/h9,14-15,17-18,20,28H,2-8,10-13H2,1H3,(H,30,31). The summed E-state index contributed by atoms with van der Waals surface area (Å²) in [6.07, 6.45) is 9.38. The largest absolute Gasteiger partial charge is 0.477 e. The topological polar surface area (TPSA) is 94.9 Å². The molecule has 0 radical (unpaired) electrons. The fourth-order valence-corrected chi connectivity index (χ4v) is 6.44. The summed E-state index contributed by atoms with van der Waals surface area (Å²) < 4.78 is 0. The first-order valence-corrected chi connectivity index (χ1v) is 12.7. The van der Waals surface area contributed by atoms with Gasteiger partial charge in [0.2, 0.25) is 5.91 Å². The second-order valence-electron chi connectivity index (χ2n) is 9.74. The average molecular weight is 460 g/mol. The number of aliphatic hydroxyl groups is 1. The van der Waals surface area contributed by atoms with Crippen LogP contribution in [0.5, 0.6) is 0 Å². The molecule has 3 aliphatic rings. The van der Waals surface area contributed by atoms with Gasteiger partial charge in [-0.05, 0) is 75.3 Å². The number of ketones is 1. The third-order valence-corrected chi connectivity index (χ3v) is 8.51. The SMILES string of the molecule is CC1CCC(C(=O)N(c2cc(C3=CCC(=O)CC3)sc2C(=O)O)C2CCCC(O)C2)CC1. The van der Waals surface area contributed by atoms with Crippen LogP contribution in [0.1, 0.15) is 92.1 Å². The number of carboxylic acids is 1. The van der Waals surface area contributed by atoms with E-state index in [1.54, 1.807) is 4.90 Å². The monoisotopic (exact) mass is 459 g/mol. The lowest BCUT2D eigenvalue weighted by Gasteiger charge is -2.39. The van der Waals surface area contributed by atoms with Crippen molar-refractivity contribution in [3.05, 3.63) is 21.9 Å². The van der Waals surface area contributed by atoms with Crippen molar-refractivity contribution in [2.24, 2.45) is 11.8 Å². The van der Waals surface area contributed by atoms with Crippen LogP contribution >= 0.6 is 11.3 Å². The van der Waals surface area contributed by atoms with Gasteiger partial charge in [-0.25, -0.2) is 4.79 Å². The van der Waals surface area contributed by atoms with E-state index in [1.165, 1.54) is 11.3 Å². The number of anilines is 1. The molecule has 2 saturated carbocycles. The Hall–Kier alpha value is -1.99. The number of hydrogen-bond acceptors (Lipinski definition) is 5. The molecule has 2 unspecified atom stereocenters. The first-order chi connectivity index (χ1) is 15.3. The summed E-state index contributed by atoms with van der Waals surface area (Å²) in [5.74, 6) is -0.302. The Bertz CT molecular complexity index is 911. The number of allylic oxidation sites excluding steroid dienone is 2. The zero-order chi connectivity index (χ0) is 22.8. The number of hydrogen-bond donors (Lipinski definition) is 2. The molecule has 2 N–H and O–H groups in total. The lowest BCUT2D eigenvalue weighted by Crippen LogP contribution is -2.47. The molecule has 174 valence electrons. The Balaban J connectivity index is 1.72. The minimum atomic E-state index is -1.03. The Morgan fingerprint density at radius 2 is 1.84 bits per heavy atom. The Kier molecular flexibility index (Phi) is 7.15. The second kappa shape index (κ2) is 9.87. The molecule has 32 heavy (non-hydrogen) atoms. The molecule has 0 aliphatic heterocycles. The minimum absolute atomic E-state index is 0.00986. The third-order valence-electron chi connectivity index (χ3n) is 7.32. The lowest BCUT2D eigenvalue weighted by molar-refractivity contribution is -0.124. The van der Waals surface area contributed by atoms with Gasteiger partial charge in [-0.3, -0.25) is 9.59 Å². The van der Waals surface area contributed by atoms with Gasteiger partial charge in [-0.2, -0.15) is 0 Å². The zero-order valence-electron chi connectivity index (χ0n) is 18.7. The molecule has 2 atom stereocenters. The van der Waals surface area contributed by atoms with Crippen LogP contribution < -0.4 is 4.90 Å². The molecule has 1 amide bonds. The van der Waals surface area contributed by atoms with Crippen molar-refractivity contribution < 1.29 is 24.6 Å². The van der Waals surface area contributed by atoms with E-state index >= 15 is 0 Å². The van der Waals surface area contributed by atoms with Crippen molar-refractivity contribution in [2.75, 3.05) is 4.90 Å². The van der Waals surface area contributed by atoms with Gasteiger partial charge in [0.25, 0.3) is 0 Å². The number of aliphatic hydroxyl groups excluding tert-OH is 1. The normalized spacial score (nSPS) is 28.8. The number of carboxylic acid groups (broad SMARTS) is 1. The molecule has 0 saturated heterocycles. The maximum absolute atomic E-state index is 13.8. The Morgan fingerprint density at radius 1 is 1.09 bits per heavy atom. The van der Waals surface area contributed by atoms with Crippen LogP contribution in [0, 0.1) is 11.8 Å². The van der Waals surface area contributed by atoms with E-state index in [9.17, 15) is 24.6 Å². The summed E-state index contributed by atoms with van der Waals surface area (Å²) in [6, 6.07) is 1.66. The van der Waals surface area contributed by atoms with E-state index < -0.39 is 12.1 Å². The Morgan fingerprint density at radius 3 is 2.47 bits per heavy atom. The fraction of sp³-hybridized carbons (Fsp3) is 0.640. The van der Waals surface area contributed by atoms with Gasteiger partial charge in [0.05, 0.1) is 11.8 Å². The number of amides is 1. The first kappa shape index (κ1) is 23.2. The molecular weight excluding hydrogens is 426 g/mol. The Labute approximate surface area is 193 Å². The van der Waals surface area contributed by atoms with Crippen LogP contribution in [-0.2, 0) is 9.59 Å². The highest BCUT2D eigenvalue weighted by Crippen LogP contribution is 2.41. The van der Waals surface area contributed by atoms with Crippen LogP contribution in [0.15, 0.2) is 12.1 Å². The van der Waals surface area contributed by atoms with Crippen LogP contribution in [0.25, 0.3) is 5.57 Å². The van der Waals surface area contributed by atoms with Crippen molar-refractivity contribution in [1.82, 2.24) is 0 Å². The van der Waals surface area contributed by atoms with Gasteiger partial charge in [0.1, 0.15) is 10.7 Å². The molecule has 3 aliphatic carbocycles. The van der Waals surface area contributed by atoms with Crippen molar-refractivity contribution in [3.63, 3.8) is 0 Å². The van der Waals surface area contributed by atoms with E-state index in [0.29, 0.717) is 37.3 Å². The maximum Gasteiger partial charge on any atom is 0.348 e. The second-order valence-corrected chi connectivity index (χ2v) is 10.8. The number of rotatable bonds is 5. The van der Waals surface area contributed by atoms with Gasteiger partial charge in [0, 0.05) is 29.7 Å². The van der Waals surface area contributed by atoms with Crippen molar-refractivity contribution in [1.29, 1.82) is 0 Å². The van der Waals surface area contributed by atoms with Gasteiger partial charge in [-0.1, -0.05) is 13.0 Å². The van der Waals surface area contributed by atoms with Crippen molar-refractivity contribution in [3.8, 4) is 0 Å². The highest BCUT2D eigenvalue weighted by atomic mass is 32.1. The number of Topliss-reactive ketones (excluding diaryl/α,β-unsaturated/α-hetero) is 1. The third kappa shape index (κ3) is 4.99. The molecule has 0 bridgehead atoms. The zero-order valence-corrected chi connectivity index (χ0v) is 19.5. The van der Waals surface area contributed by atoms with E-state index in [0.717, 1.165) is 55.4 Å². The van der Waals surface area contributed by atoms with E-state index in [1.807, 2.05) is 12.1 Å². The molecule has 1 heterocycles. The molecule has 1 aromatic heterocycles. The summed E-state index contributed by atoms with van der Waals surface area (Å²) in [5, 5.41) is 20.3. The number of thiophene rings is 1. The molecule has 1 aromatic rings. The van der Waals surface area contributed by atoms with Gasteiger partial charge >= 0.3 is 5.97 Å². The average Bonchev–Trinajstić information content (AvgIpc) is 3.20. The van der Waals surface area contributed by atoms with Crippen LogP contribution in [0.2, 0.25) is 0 Å². The molecule has 4 rings (SSSR count). The van der Waals surface area contributed by atoms with Crippen molar-refractivity contribution >= 4 is 40.3 Å². The number of nitrogens with zero attached hydrogens (tertiary/aromatic N) is 1. The smallest absolute Gasteiger partial charge is 0.348 e. The number of carbonyl (C=O) groups excluding carboxylic acids is 2. The molecule has 2 fully saturated rings. The summed E-state index contributed by atoms with van der Waals surface area (Å²) in [7, 11) is 0. The number of carbonyl (C=O) groups is 3. The molecule has 0 aromatic carbocycles. The molecular formula is C25H33NO5S. The van der Waals surface area contributed by atoms with E-state index in [4.69, 9.17) is 0 Å². The van der Waals surface area contributed by atoms with Crippen LogP contribution in [0.3, 0.4) is 0 Å². The highest BCUT2D eigenvalue weighted by Gasteiger charge is 2.38. The summed E-state index contributed by atoms with van der Waals surface area (Å²) in [6.45, 7) is 2.21. The highest BCUT2D eigenvalue weighted by molar-refractivity contribution is 7.15. The summed E-state index contributed by atoms with van der Waals surface area (Å²) in [5.41, 5.74) is 1.46. The van der Waals surface area contributed by atoms with E-state index in [-0.39, 0.29) is 28.5 Å². The molecule has 7 heteroatoms. The lowest BCUT2D eigenvalue weighted by atomic mass is 9.81. The van der Waals surface area contributed by atoms with Gasteiger partial charge < -0.3 is 15.1 Å². The molecule has 0 spiro atoms. The quantitative estimate of drug-likeness (QED) is 0.643. The minimum Gasteiger partial charge on any atom is -0.477 e. The fourth-order valence-electron chi connectivity index (χ4n) is 5.38. The molecule has 6 nitrogen and oxygen atoms in total. The maximum atomic E-state index is 13.8. The predicted octanol–water partition coefficient (Wildman–Crippen LogP) is 5.05. The number of aromatic carboxylic acids is 1. The predicted molar refractivity (Wildman–Crippen MR) is 125 cm³/mol. The van der Waals surface area contributed by atoms with Crippen molar-refractivity contribution in [2.45, 2.75) is 89.7 Å². The summed E-state index contributed by atoms with van der Waals surface area (Å²) >= 11 is 1.20. The van der Waals surface area contributed by atoms with E-state index in [2.05, 4.69) is 6.92 Å².